The largest absolute Gasteiger partial charge is 0.478 e. The number of carboxylic acid groups (broad SMARTS) is 1. The van der Waals surface area contributed by atoms with Crippen LogP contribution in [-0.2, 0) is 0 Å². The van der Waals surface area contributed by atoms with Crippen molar-refractivity contribution in [3.05, 3.63) is 53.3 Å². The molecule has 2 aliphatic rings. The molecule has 1 saturated carbocycles. The van der Waals surface area contributed by atoms with E-state index in [0.717, 1.165) is 23.7 Å². The zero-order valence-electron chi connectivity index (χ0n) is 13.5. The van der Waals surface area contributed by atoms with Crippen LogP contribution in [0.1, 0.15) is 40.5 Å². The Bertz CT molecular complexity index is 788. The summed E-state index contributed by atoms with van der Waals surface area (Å²) in [6, 6.07) is 7.89. The van der Waals surface area contributed by atoms with E-state index in [4.69, 9.17) is 0 Å². The number of nitrogens with one attached hydrogen (secondary N) is 2. The predicted molar refractivity (Wildman–Crippen MR) is 91.9 cm³/mol. The minimum Gasteiger partial charge on any atom is -0.478 e. The number of rotatable bonds is 5. The molecule has 0 spiro atoms. The first-order valence-corrected chi connectivity index (χ1v) is 8.20. The van der Waals surface area contributed by atoms with Gasteiger partial charge in [-0.2, -0.15) is 0 Å². The van der Waals surface area contributed by atoms with Crippen LogP contribution < -0.4 is 15.8 Å². The van der Waals surface area contributed by atoms with Gasteiger partial charge < -0.3 is 15.4 Å². The first-order chi connectivity index (χ1) is 11.6. The number of carbonyl (C=O) groups is 1. The Balaban J connectivity index is 1.64. The Kier molecular flexibility index (Phi) is 3.61. The molecule has 6 heteroatoms. The normalized spacial score (nSPS) is 19.2. The van der Waals surface area contributed by atoms with Gasteiger partial charge in [0, 0.05) is 18.3 Å². The second-order valence-electron chi connectivity index (χ2n) is 6.55. The van der Waals surface area contributed by atoms with Gasteiger partial charge in [-0.05, 0) is 37.8 Å². The molecule has 6 nitrogen and oxygen atoms in total. The Morgan fingerprint density at radius 2 is 2.25 bits per heavy atom. The summed E-state index contributed by atoms with van der Waals surface area (Å²) in [7, 11) is 0. The second kappa shape index (κ2) is 5.79. The summed E-state index contributed by atoms with van der Waals surface area (Å²) in [5, 5.41) is 14.8. The van der Waals surface area contributed by atoms with Gasteiger partial charge in [-0.15, -0.1) is 0 Å². The molecule has 1 fully saturated rings. The predicted octanol–water partition coefficient (Wildman–Crippen LogP) is 2.93. The maximum absolute atomic E-state index is 11.4. The maximum atomic E-state index is 11.4. The lowest BCUT2D eigenvalue weighted by Crippen LogP contribution is -2.38. The van der Waals surface area contributed by atoms with Gasteiger partial charge in [-0.3, -0.25) is 4.98 Å². The highest BCUT2D eigenvalue weighted by atomic mass is 16.4. The standard InChI is InChI=1S/C18H20N4O2/c1-11-2-5-16-14(8-11)17(21-22(16)10-12-3-4-12)20-15-9-19-7-6-13(15)18(23)24/h2,5-9,12,17,20-21H,3-4,10H2,1H3,(H,23,24). The molecule has 1 unspecified atom stereocenters. The highest BCUT2D eigenvalue weighted by Crippen LogP contribution is 2.38. The molecule has 2 heterocycles. The number of aromatic nitrogens is 1. The molecule has 0 amide bonds. The molecular formula is C18H20N4O2. The number of nitrogens with zero attached hydrogens (tertiary/aromatic N) is 2. The molecule has 0 radical (unpaired) electrons. The second-order valence-corrected chi connectivity index (χ2v) is 6.55. The van der Waals surface area contributed by atoms with Crippen molar-refractivity contribution in [2.75, 3.05) is 16.9 Å². The molecule has 0 bridgehead atoms. The molecule has 24 heavy (non-hydrogen) atoms. The van der Waals surface area contributed by atoms with Gasteiger partial charge >= 0.3 is 5.97 Å². The van der Waals surface area contributed by atoms with Crippen LogP contribution in [0.25, 0.3) is 0 Å². The lowest BCUT2D eigenvalue weighted by atomic mass is 10.1. The molecule has 1 aliphatic carbocycles. The van der Waals surface area contributed by atoms with Crippen LogP contribution in [0, 0.1) is 12.8 Å². The van der Waals surface area contributed by atoms with E-state index in [0.29, 0.717) is 5.69 Å². The smallest absolute Gasteiger partial charge is 0.337 e. The molecule has 1 aromatic carbocycles. The highest BCUT2D eigenvalue weighted by molar-refractivity contribution is 5.94. The van der Waals surface area contributed by atoms with Crippen molar-refractivity contribution in [3.63, 3.8) is 0 Å². The summed E-state index contributed by atoms with van der Waals surface area (Å²) >= 11 is 0. The van der Waals surface area contributed by atoms with E-state index in [1.165, 1.54) is 30.7 Å². The fourth-order valence-corrected chi connectivity index (χ4v) is 3.12. The van der Waals surface area contributed by atoms with Gasteiger partial charge in [0.2, 0.25) is 0 Å². The zero-order valence-corrected chi connectivity index (χ0v) is 13.5. The van der Waals surface area contributed by atoms with Crippen molar-refractivity contribution in [1.29, 1.82) is 0 Å². The van der Waals surface area contributed by atoms with Crippen molar-refractivity contribution < 1.29 is 9.90 Å². The Labute approximate surface area is 140 Å². The van der Waals surface area contributed by atoms with E-state index in [1.54, 1.807) is 6.20 Å². The van der Waals surface area contributed by atoms with Crippen molar-refractivity contribution in [2.24, 2.45) is 5.92 Å². The Hall–Kier alpha value is -2.60. The van der Waals surface area contributed by atoms with Crippen LogP contribution >= 0.6 is 0 Å². The average molecular weight is 324 g/mol. The molecule has 3 N–H and O–H groups in total. The third-order valence-corrected chi connectivity index (χ3v) is 4.56. The lowest BCUT2D eigenvalue weighted by Gasteiger charge is -2.22. The summed E-state index contributed by atoms with van der Waals surface area (Å²) in [6.45, 7) is 3.04. The number of aromatic carboxylic acids is 1. The van der Waals surface area contributed by atoms with Gasteiger partial charge in [0.05, 0.1) is 23.1 Å². The molecule has 4 rings (SSSR count). The first-order valence-electron chi connectivity index (χ1n) is 8.20. The number of hydrogen-bond donors (Lipinski definition) is 3. The van der Waals surface area contributed by atoms with E-state index < -0.39 is 5.97 Å². The number of hydrogen-bond acceptors (Lipinski definition) is 5. The summed E-state index contributed by atoms with van der Waals surface area (Å²) in [6.07, 6.45) is 5.45. The minimum atomic E-state index is -0.961. The summed E-state index contributed by atoms with van der Waals surface area (Å²) in [5.74, 6) is -0.212. The number of hydrazine groups is 1. The van der Waals surface area contributed by atoms with Crippen LogP contribution in [0.5, 0.6) is 0 Å². The number of carboxylic acids is 1. The number of aryl methyl sites for hydroxylation is 1. The summed E-state index contributed by atoms with van der Waals surface area (Å²) in [5.41, 5.74) is 7.69. The fourth-order valence-electron chi connectivity index (χ4n) is 3.12. The quantitative estimate of drug-likeness (QED) is 0.785. The SMILES string of the molecule is Cc1ccc2c(c1)C(Nc1cnccc1C(=O)O)NN2CC1CC1. The fraction of sp³-hybridized carbons (Fsp3) is 0.333. The number of fused-ring (bicyclic) bond motifs is 1. The zero-order chi connectivity index (χ0) is 16.7. The van der Waals surface area contributed by atoms with E-state index in [-0.39, 0.29) is 11.7 Å². The maximum Gasteiger partial charge on any atom is 0.337 e. The topological polar surface area (TPSA) is 77.5 Å². The molecule has 1 aromatic heterocycles. The number of pyridine rings is 1. The third-order valence-electron chi connectivity index (χ3n) is 4.56. The molecular weight excluding hydrogens is 304 g/mol. The van der Waals surface area contributed by atoms with Gasteiger partial charge in [-0.25, -0.2) is 10.2 Å². The lowest BCUT2D eigenvalue weighted by molar-refractivity contribution is 0.0697. The van der Waals surface area contributed by atoms with Crippen LogP contribution in [-0.4, -0.2) is 22.6 Å². The van der Waals surface area contributed by atoms with Gasteiger partial charge in [-0.1, -0.05) is 17.7 Å². The minimum absolute atomic E-state index is 0.166. The monoisotopic (exact) mass is 324 g/mol. The van der Waals surface area contributed by atoms with E-state index in [9.17, 15) is 9.90 Å². The van der Waals surface area contributed by atoms with Crippen molar-refractivity contribution in [2.45, 2.75) is 25.9 Å². The molecule has 2 aromatic rings. The number of benzene rings is 1. The molecule has 0 saturated heterocycles. The van der Waals surface area contributed by atoms with Crippen LogP contribution in [0.4, 0.5) is 11.4 Å². The summed E-state index contributed by atoms with van der Waals surface area (Å²) in [4.78, 5) is 15.5. The molecule has 124 valence electrons. The molecule has 1 atom stereocenters. The van der Waals surface area contributed by atoms with Crippen molar-refractivity contribution in [3.8, 4) is 0 Å². The third kappa shape index (κ3) is 2.80. The van der Waals surface area contributed by atoms with Crippen LogP contribution in [0.15, 0.2) is 36.7 Å². The van der Waals surface area contributed by atoms with Crippen LogP contribution in [0.2, 0.25) is 0 Å². The Morgan fingerprint density at radius 1 is 1.42 bits per heavy atom. The van der Waals surface area contributed by atoms with Gasteiger partial charge in [0.15, 0.2) is 0 Å². The number of anilines is 2. The van der Waals surface area contributed by atoms with E-state index >= 15 is 0 Å². The first kappa shape index (κ1) is 15.0. The van der Waals surface area contributed by atoms with Gasteiger partial charge in [0.1, 0.15) is 6.17 Å². The average Bonchev–Trinajstić information content (AvgIpc) is 3.32. The van der Waals surface area contributed by atoms with Crippen molar-refractivity contribution >= 4 is 17.3 Å². The Morgan fingerprint density at radius 3 is 3.00 bits per heavy atom. The molecule has 1 aliphatic heterocycles. The summed E-state index contributed by atoms with van der Waals surface area (Å²) < 4.78 is 0. The van der Waals surface area contributed by atoms with Crippen LogP contribution in [0.3, 0.4) is 0 Å². The van der Waals surface area contributed by atoms with E-state index in [1.807, 2.05) is 0 Å². The van der Waals surface area contributed by atoms with Crippen molar-refractivity contribution in [1.82, 2.24) is 10.4 Å². The van der Waals surface area contributed by atoms with E-state index in [2.05, 4.69) is 45.9 Å². The highest BCUT2D eigenvalue weighted by Gasteiger charge is 2.33. The van der Waals surface area contributed by atoms with Gasteiger partial charge in [0.25, 0.3) is 0 Å².